The number of nitrogens with one attached hydrogen (secondary N) is 2. The monoisotopic (exact) mass is 483 g/mol. The molecule has 4 rings (SSSR count). The second-order valence-corrected chi connectivity index (χ2v) is 8.92. The van der Waals surface area contributed by atoms with Gasteiger partial charge in [-0.15, -0.1) is 0 Å². The van der Waals surface area contributed by atoms with Crippen LogP contribution in [0.25, 0.3) is 5.57 Å². The Balaban J connectivity index is 1.60. The Labute approximate surface area is 212 Å². The summed E-state index contributed by atoms with van der Waals surface area (Å²) in [5, 5.41) is 11.0. The van der Waals surface area contributed by atoms with Gasteiger partial charge in [-0.3, -0.25) is 19.8 Å². The predicted octanol–water partition coefficient (Wildman–Crippen LogP) is 4.36. The molecule has 1 saturated carbocycles. The molecule has 2 heterocycles. The molecule has 7 nitrogen and oxygen atoms in total. The fraction of sp³-hybridized carbons (Fsp3) is 0.276. The van der Waals surface area contributed by atoms with Crippen molar-refractivity contribution in [3.8, 4) is 0 Å². The van der Waals surface area contributed by atoms with E-state index in [4.69, 9.17) is 4.74 Å². The van der Waals surface area contributed by atoms with E-state index in [1.54, 1.807) is 18.5 Å². The van der Waals surface area contributed by atoms with E-state index in [0.29, 0.717) is 30.0 Å². The van der Waals surface area contributed by atoms with Crippen molar-refractivity contribution in [3.05, 3.63) is 115 Å². The number of hydrogen-bond acceptors (Lipinski definition) is 5. The summed E-state index contributed by atoms with van der Waals surface area (Å²) >= 11 is 0. The Morgan fingerprint density at radius 2 is 1.89 bits per heavy atom. The van der Waals surface area contributed by atoms with Crippen molar-refractivity contribution >= 4 is 11.5 Å². The number of hydrogen-bond donors (Lipinski definition) is 2. The molecule has 2 aromatic heterocycles. The van der Waals surface area contributed by atoms with Crippen LogP contribution in [-0.4, -0.2) is 33.8 Å². The van der Waals surface area contributed by atoms with Crippen molar-refractivity contribution < 1.29 is 9.53 Å². The normalized spacial score (nSPS) is 15.1. The smallest absolute Gasteiger partial charge is 0.241 e. The number of nitrogens with zero attached hydrogens (tertiary/aromatic N) is 3. The first-order valence-corrected chi connectivity index (χ1v) is 12.2. The van der Waals surface area contributed by atoms with E-state index < -0.39 is 6.04 Å². The summed E-state index contributed by atoms with van der Waals surface area (Å²) in [5.41, 5.74) is 3.72. The lowest BCUT2D eigenvalue weighted by molar-refractivity contribution is -0.122. The quantitative estimate of drug-likeness (QED) is 0.296. The fourth-order valence-corrected chi connectivity index (χ4v) is 4.26. The summed E-state index contributed by atoms with van der Waals surface area (Å²) in [6.45, 7) is 10.9. The van der Waals surface area contributed by atoms with Crippen molar-refractivity contribution in [2.24, 2.45) is 0 Å². The first kappa shape index (κ1) is 25.1. The molecule has 0 spiro atoms. The molecule has 1 atom stereocenters. The van der Waals surface area contributed by atoms with Gasteiger partial charge in [-0.05, 0) is 61.6 Å². The van der Waals surface area contributed by atoms with Crippen LogP contribution in [0.2, 0.25) is 0 Å². The van der Waals surface area contributed by atoms with E-state index >= 15 is 0 Å². The van der Waals surface area contributed by atoms with Gasteiger partial charge in [0.1, 0.15) is 5.76 Å². The van der Waals surface area contributed by atoms with E-state index in [9.17, 15) is 4.79 Å². The molecule has 0 saturated heterocycles. The van der Waals surface area contributed by atoms with E-state index in [0.717, 1.165) is 29.8 Å². The largest absolute Gasteiger partial charge is 0.495 e. The summed E-state index contributed by atoms with van der Waals surface area (Å²) in [5.74, 6) is 0.165. The van der Waals surface area contributed by atoms with Gasteiger partial charge in [0.05, 0.1) is 35.8 Å². The maximum Gasteiger partial charge on any atom is 0.241 e. The Kier molecular flexibility index (Phi) is 7.80. The maximum absolute atomic E-state index is 13.7. The van der Waals surface area contributed by atoms with Gasteiger partial charge in [-0.25, -0.2) is 0 Å². The van der Waals surface area contributed by atoms with Gasteiger partial charge in [-0.1, -0.05) is 49.6 Å². The number of benzene rings is 1. The first-order valence-electron chi connectivity index (χ1n) is 12.2. The number of carbonyl (C=O) groups excluding carboxylic acids is 1. The molecular weight excluding hydrogens is 450 g/mol. The minimum Gasteiger partial charge on any atom is -0.495 e. The second-order valence-electron chi connectivity index (χ2n) is 8.92. The minimum atomic E-state index is -0.501. The van der Waals surface area contributed by atoms with Crippen LogP contribution < -0.4 is 10.6 Å². The number of carbonyl (C=O) groups is 1. The predicted molar refractivity (Wildman–Crippen MR) is 142 cm³/mol. The molecular formula is C29H33N5O2. The van der Waals surface area contributed by atoms with Crippen LogP contribution >= 0.6 is 0 Å². The van der Waals surface area contributed by atoms with Gasteiger partial charge in [0, 0.05) is 18.9 Å². The highest BCUT2D eigenvalue weighted by Crippen LogP contribution is 2.45. The molecule has 1 aliphatic rings. The molecule has 0 bridgehead atoms. The number of allylic oxidation sites excluding steroid dienone is 2. The maximum atomic E-state index is 13.7. The van der Waals surface area contributed by atoms with Gasteiger partial charge in [0.2, 0.25) is 5.91 Å². The number of ether oxygens (including phenoxy) is 1. The third-order valence-electron chi connectivity index (χ3n) is 6.42. The average molecular weight is 484 g/mol. The Hall–Kier alpha value is -3.97. The Morgan fingerprint density at radius 1 is 1.14 bits per heavy atom. The fourth-order valence-electron chi connectivity index (χ4n) is 4.26. The van der Waals surface area contributed by atoms with Crippen LogP contribution in [0, 0.1) is 0 Å². The van der Waals surface area contributed by atoms with Crippen molar-refractivity contribution in [1.82, 2.24) is 25.4 Å². The number of pyridine rings is 1. The zero-order chi connectivity index (χ0) is 25.5. The van der Waals surface area contributed by atoms with Gasteiger partial charge in [0.25, 0.3) is 0 Å². The zero-order valence-corrected chi connectivity index (χ0v) is 20.9. The highest BCUT2D eigenvalue weighted by molar-refractivity contribution is 5.85. The summed E-state index contributed by atoms with van der Waals surface area (Å²) in [6.07, 6.45) is 7.67. The van der Waals surface area contributed by atoms with Crippen molar-refractivity contribution in [2.45, 2.75) is 44.3 Å². The Morgan fingerprint density at radius 3 is 2.53 bits per heavy atom. The number of aryl methyl sites for hydroxylation is 1. The van der Waals surface area contributed by atoms with Crippen LogP contribution in [-0.2, 0) is 28.0 Å². The molecule has 1 fully saturated rings. The zero-order valence-electron chi connectivity index (χ0n) is 20.9. The van der Waals surface area contributed by atoms with Crippen molar-refractivity contribution in [1.29, 1.82) is 0 Å². The minimum absolute atomic E-state index is 0.178. The highest BCUT2D eigenvalue weighted by atomic mass is 16.5. The lowest BCUT2D eigenvalue weighted by Gasteiger charge is -2.26. The molecule has 0 aliphatic heterocycles. The second kappa shape index (κ2) is 11.2. The SMILES string of the molecule is C=C(OC)C(=CC(=C)c1ccnn1CC)NC(=O)C(Cc1ccccc1)NC1(c2ccccn2)CC1. The molecule has 3 aromatic rings. The number of rotatable bonds is 12. The summed E-state index contributed by atoms with van der Waals surface area (Å²) in [4.78, 5) is 18.3. The molecule has 186 valence electrons. The van der Waals surface area contributed by atoms with E-state index in [1.165, 1.54) is 7.11 Å². The van der Waals surface area contributed by atoms with E-state index in [2.05, 4.69) is 33.9 Å². The number of aromatic nitrogens is 3. The van der Waals surface area contributed by atoms with Crippen LogP contribution in [0.1, 0.15) is 36.7 Å². The van der Waals surface area contributed by atoms with Crippen molar-refractivity contribution in [3.63, 3.8) is 0 Å². The summed E-state index contributed by atoms with van der Waals surface area (Å²) in [7, 11) is 1.53. The van der Waals surface area contributed by atoms with Gasteiger partial charge >= 0.3 is 0 Å². The topological polar surface area (TPSA) is 81.1 Å². The van der Waals surface area contributed by atoms with Gasteiger partial charge < -0.3 is 10.1 Å². The van der Waals surface area contributed by atoms with E-state index in [-0.39, 0.29) is 11.4 Å². The standard InChI is InChI=1S/C29H33N5O2/c1-5-34-26(14-18-31-34)21(2)19-24(22(3)36-4)32-28(35)25(20-23-11-7-6-8-12-23)33-29(15-16-29)27-13-9-10-17-30-27/h6-14,17-19,25,33H,2-3,5,15-16,20H2,1,4H3,(H,32,35). The lowest BCUT2D eigenvalue weighted by Crippen LogP contribution is -2.50. The Bertz CT molecular complexity index is 1240. The number of amides is 1. The van der Waals surface area contributed by atoms with Crippen LogP contribution in [0.15, 0.2) is 97.7 Å². The summed E-state index contributed by atoms with van der Waals surface area (Å²) < 4.78 is 7.24. The van der Waals surface area contributed by atoms with Crippen LogP contribution in [0.4, 0.5) is 0 Å². The lowest BCUT2D eigenvalue weighted by atomic mass is 10.0. The highest BCUT2D eigenvalue weighted by Gasteiger charge is 2.47. The van der Waals surface area contributed by atoms with Crippen LogP contribution in [0.3, 0.4) is 0 Å². The number of methoxy groups -OCH3 is 1. The molecule has 1 aliphatic carbocycles. The van der Waals surface area contributed by atoms with Crippen molar-refractivity contribution in [2.75, 3.05) is 7.11 Å². The molecule has 0 radical (unpaired) electrons. The summed E-state index contributed by atoms with van der Waals surface area (Å²) in [6, 6.07) is 17.3. The van der Waals surface area contributed by atoms with E-state index in [1.807, 2.05) is 66.2 Å². The molecule has 36 heavy (non-hydrogen) atoms. The molecule has 2 N–H and O–H groups in total. The average Bonchev–Trinajstić information content (AvgIpc) is 3.53. The molecule has 1 amide bonds. The molecule has 1 aromatic carbocycles. The van der Waals surface area contributed by atoms with Gasteiger partial charge in [0.15, 0.2) is 0 Å². The third kappa shape index (κ3) is 5.80. The van der Waals surface area contributed by atoms with Crippen LogP contribution in [0.5, 0.6) is 0 Å². The molecule has 7 heteroatoms. The molecule has 1 unspecified atom stereocenters. The third-order valence-corrected chi connectivity index (χ3v) is 6.42. The van der Waals surface area contributed by atoms with Gasteiger partial charge in [-0.2, -0.15) is 5.10 Å². The first-order chi connectivity index (χ1) is 17.5.